The summed E-state index contributed by atoms with van der Waals surface area (Å²) >= 11 is 3.67. The first-order valence-electron chi connectivity index (χ1n) is 6.16. The van der Waals surface area contributed by atoms with E-state index in [0.29, 0.717) is 5.41 Å². The van der Waals surface area contributed by atoms with Crippen LogP contribution in [0.1, 0.15) is 38.5 Å². The van der Waals surface area contributed by atoms with E-state index in [1.54, 1.807) is 0 Å². The molecule has 0 radical (unpaired) electrons. The standard InChI is InChI=1S/C12H21BrFN/c13-9-12(5-1-2-6-12)10-15-7-3-11(14)4-8-15/h11H,1-10H2. The smallest absolute Gasteiger partial charge is 0.103 e. The van der Waals surface area contributed by atoms with Crippen LogP contribution in [0.4, 0.5) is 4.39 Å². The molecule has 0 bridgehead atoms. The predicted octanol–water partition coefficient (Wildman–Crippen LogP) is 3.38. The second kappa shape index (κ2) is 5.13. The van der Waals surface area contributed by atoms with Gasteiger partial charge in [0.05, 0.1) is 0 Å². The summed E-state index contributed by atoms with van der Waals surface area (Å²) in [6, 6.07) is 0. The summed E-state index contributed by atoms with van der Waals surface area (Å²) in [6.07, 6.45) is 6.43. The summed E-state index contributed by atoms with van der Waals surface area (Å²) in [4.78, 5) is 2.47. The van der Waals surface area contributed by atoms with Crippen molar-refractivity contribution in [3.05, 3.63) is 0 Å². The monoisotopic (exact) mass is 277 g/mol. The van der Waals surface area contributed by atoms with Gasteiger partial charge in [-0.2, -0.15) is 0 Å². The van der Waals surface area contributed by atoms with Gasteiger partial charge in [0.25, 0.3) is 0 Å². The van der Waals surface area contributed by atoms with Crippen LogP contribution in [0.25, 0.3) is 0 Å². The summed E-state index contributed by atoms with van der Waals surface area (Å²) in [7, 11) is 0. The molecule has 1 saturated heterocycles. The van der Waals surface area contributed by atoms with E-state index in [0.717, 1.165) is 31.3 Å². The number of hydrogen-bond acceptors (Lipinski definition) is 1. The van der Waals surface area contributed by atoms with Crippen LogP contribution in [0.2, 0.25) is 0 Å². The first kappa shape index (κ1) is 11.8. The lowest BCUT2D eigenvalue weighted by atomic mass is 9.87. The molecule has 0 aromatic heterocycles. The van der Waals surface area contributed by atoms with Crippen LogP contribution >= 0.6 is 15.9 Å². The Kier molecular flexibility index (Phi) is 4.05. The number of rotatable bonds is 3. The van der Waals surface area contributed by atoms with Crippen molar-refractivity contribution in [3.63, 3.8) is 0 Å². The molecule has 0 amide bonds. The quantitative estimate of drug-likeness (QED) is 0.715. The van der Waals surface area contributed by atoms with Crippen molar-refractivity contribution in [2.45, 2.75) is 44.7 Å². The molecule has 1 aliphatic heterocycles. The van der Waals surface area contributed by atoms with Crippen LogP contribution in [0.3, 0.4) is 0 Å². The maximum atomic E-state index is 13.0. The Morgan fingerprint density at radius 3 is 2.33 bits per heavy atom. The van der Waals surface area contributed by atoms with Gasteiger partial charge < -0.3 is 4.90 Å². The third-order valence-electron chi connectivity index (χ3n) is 4.02. The zero-order chi connectivity index (χ0) is 10.7. The van der Waals surface area contributed by atoms with Crippen molar-refractivity contribution in [2.24, 2.45) is 5.41 Å². The van der Waals surface area contributed by atoms with Gasteiger partial charge in [-0.05, 0) is 31.1 Å². The number of nitrogens with zero attached hydrogens (tertiary/aromatic N) is 1. The highest BCUT2D eigenvalue weighted by atomic mass is 79.9. The molecule has 2 fully saturated rings. The number of halogens is 2. The van der Waals surface area contributed by atoms with E-state index in [1.165, 1.54) is 32.2 Å². The molecule has 0 N–H and O–H groups in total. The zero-order valence-electron chi connectivity index (χ0n) is 9.35. The Bertz CT molecular complexity index is 196. The molecule has 0 atom stereocenters. The highest BCUT2D eigenvalue weighted by molar-refractivity contribution is 9.09. The Morgan fingerprint density at radius 1 is 1.20 bits per heavy atom. The molecule has 1 heterocycles. The van der Waals surface area contributed by atoms with Crippen molar-refractivity contribution in [1.29, 1.82) is 0 Å². The first-order chi connectivity index (χ1) is 7.24. The molecule has 0 unspecified atom stereocenters. The van der Waals surface area contributed by atoms with Crippen LogP contribution in [0.15, 0.2) is 0 Å². The van der Waals surface area contributed by atoms with Gasteiger partial charge in [0, 0.05) is 25.0 Å². The third-order valence-corrected chi connectivity index (χ3v) is 5.21. The van der Waals surface area contributed by atoms with E-state index >= 15 is 0 Å². The van der Waals surface area contributed by atoms with E-state index in [-0.39, 0.29) is 0 Å². The van der Waals surface area contributed by atoms with Gasteiger partial charge in [0.1, 0.15) is 6.17 Å². The molecule has 2 aliphatic rings. The molecule has 88 valence electrons. The highest BCUT2D eigenvalue weighted by Crippen LogP contribution is 2.40. The maximum Gasteiger partial charge on any atom is 0.103 e. The van der Waals surface area contributed by atoms with Crippen LogP contribution < -0.4 is 0 Å². The van der Waals surface area contributed by atoms with Crippen LogP contribution in [0, 0.1) is 5.41 Å². The lowest BCUT2D eigenvalue weighted by molar-refractivity contribution is 0.108. The minimum absolute atomic E-state index is 0.503. The van der Waals surface area contributed by atoms with Gasteiger partial charge in [-0.3, -0.25) is 0 Å². The topological polar surface area (TPSA) is 3.24 Å². The summed E-state index contributed by atoms with van der Waals surface area (Å²) < 4.78 is 13.0. The van der Waals surface area contributed by atoms with E-state index < -0.39 is 6.17 Å². The van der Waals surface area contributed by atoms with Gasteiger partial charge in [-0.1, -0.05) is 28.8 Å². The SMILES string of the molecule is FC1CCN(CC2(CBr)CCCC2)CC1. The summed E-state index contributed by atoms with van der Waals surface area (Å²) in [5.41, 5.74) is 0.503. The Hall–Kier alpha value is 0.370. The number of hydrogen-bond donors (Lipinski definition) is 0. The van der Waals surface area contributed by atoms with Crippen molar-refractivity contribution in [3.8, 4) is 0 Å². The third kappa shape index (κ3) is 2.94. The average Bonchev–Trinajstić information content (AvgIpc) is 2.71. The number of likely N-dealkylation sites (tertiary alicyclic amines) is 1. The Labute approximate surface area is 101 Å². The van der Waals surface area contributed by atoms with Gasteiger partial charge in [-0.25, -0.2) is 4.39 Å². The molecule has 15 heavy (non-hydrogen) atoms. The molecule has 2 rings (SSSR count). The molecular weight excluding hydrogens is 257 g/mol. The molecule has 0 aromatic rings. The van der Waals surface area contributed by atoms with Crippen LogP contribution in [-0.4, -0.2) is 36.0 Å². The van der Waals surface area contributed by atoms with Gasteiger partial charge in [-0.15, -0.1) is 0 Å². The fourth-order valence-electron chi connectivity index (χ4n) is 2.99. The predicted molar refractivity (Wildman–Crippen MR) is 65.3 cm³/mol. The Balaban J connectivity index is 1.84. The van der Waals surface area contributed by atoms with Crippen molar-refractivity contribution < 1.29 is 4.39 Å². The number of piperidine rings is 1. The molecule has 0 aromatic carbocycles. The molecule has 1 nitrogen and oxygen atoms in total. The second-order valence-corrected chi connectivity index (χ2v) is 5.85. The average molecular weight is 278 g/mol. The van der Waals surface area contributed by atoms with Crippen molar-refractivity contribution >= 4 is 15.9 Å². The fraction of sp³-hybridized carbons (Fsp3) is 1.00. The van der Waals surface area contributed by atoms with Crippen molar-refractivity contribution in [2.75, 3.05) is 25.0 Å². The summed E-state index contributed by atoms with van der Waals surface area (Å²) in [5.74, 6) is 0. The Morgan fingerprint density at radius 2 is 1.80 bits per heavy atom. The second-order valence-electron chi connectivity index (χ2n) is 5.29. The van der Waals surface area contributed by atoms with Gasteiger partial charge in [0.15, 0.2) is 0 Å². The molecule has 1 aliphatic carbocycles. The summed E-state index contributed by atoms with van der Waals surface area (Å²) in [5, 5.41) is 1.12. The largest absolute Gasteiger partial charge is 0.303 e. The minimum atomic E-state index is -0.537. The van der Waals surface area contributed by atoms with Gasteiger partial charge >= 0.3 is 0 Å². The fourth-order valence-corrected chi connectivity index (χ4v) is 3.73. The van der Waals surface area contributed by atoms with E-state index in [4.69, 9.17) is 0 Å². The van der Waals surface area contributed by atoms with E-state index in [1.807, 2.05) is 0 Å². The first-order valence-corrected chi connectivity index (χ1v) is 7.29. The lowest BCUT2D eigenvalue weighted by Gasteiger charge is -2.36. The van der Waals surface area contributed by atoms with Crippen LogP contribution in [0.5, 0.6) is 0 Å². The molecule has 3 heteroatoms. The van der Waals surface area contributed by atoms with Crippen LogP contribution in [-0.2, 0) is 0 Å². The van der Waals surface area contributed by atoms with Gasteiger partial charge in [0.2, 0.25) is 0 Å². The lowest BCUT2D eigenvalue weighted by Crippen LogP contribution is -2.42. The minimum Gasteiger partial charge on any atom is -0.303 e. The number of alkyl halides is 2. The molecule has 1 saturated carbocycles. The summed E-state index contributed by atoms with van der Waals surface area (Å²) in [6.45, 7) is 3.12. The van der Waals surface area contributed by atoms with E-state index in [2.05, 4.69) is 20.8 Å². The van der Waals surface area contributed by atoms with E-state index in [9.17, 15) is 4.39 Å². The van der Waals surface area contributed by atoms with Crippen molar-refractivity contribution in [1.82, 2.24) is 4.90 Å². The molecule has 0 spiro atoms. The normalized spacial score (nSPS) is 28.4. The molecular formula is C12H21BrFN. The highest BCUT2D eigenvalue weighted by Gasteiger charge is 2.35. The zero-order valence-corrected chi connectivity index (χ0v) is 10.9. The maximum absolute atomic E-state index is 13.0.